The average Bonchev–Trinajstić information content (AvgIpc) is 2.73. The van der Waals surface area contributed by atoms with Crippen LogP contribution in [0.5, 0.6) is 5.88 Å². The molecule has 1 aliphatic heterocycles. The largest absolute Gasteiger partial charge is 0.475 e. The second kappa shape index (κ2) is 5.72. The zero-order valence-corrected chi connectivity index (χ0v) is 10.4. The third kappa shape index (κ3) is 3.23. The lowest BCUT2D eigenvalue weighted by molar-refractivity contribution is 0.308. The molecule has 1 aromatic rings. The van der Waals surface area contributed by atoms with Gasteiger partial charge in [-0.05, 0) is 12.1 Å². The first kappa shape index (κ1) is 12.0. The van der Waals surface area contributed by atoms with Gasteiger partial charge in [-0.25, -0.2) is 4.98 Å². The number of rotatable bonds is 4. The molecule has 17 heavy (non-hydrogen) atoms. The summed E-state index contributed by atoms with van der Waals surface area (Å²) in [6, 6.07) is 3.53. The number of halogens is 1. The standard InChI is InChI=1S/C11H15ClN4O/c1-16-7-5-14-11(16)15-6-8-17-10-9(12)3-2-4-13-10/h2-4H,5-8H2,1H3,(H,14,15). The molecule has 0 unspecified atom stereocenters. The van der Waals surface area contributed by atoms with Crippen molar-refractivity contribution >= 4 is 17.6 Å². The predicted octanol–water partition coefficient (Wildman–Crippen LogP) is 1.00. The van der Waals surface area contributed by atoms with Gasteiger partial charge in [-0.3, -0.25) is 4.99 Å². The van der Waals surface area contributed by atoms with Crippen LogP contribution in [-0.2, 0) is 0 Å². The molecule has 5 nitrogen and oxygen atoms in total. The Labute approximate surface area is 105 Å². The maximum Gasteiger partial charge on any atom is 0.232 e. The van der Waals surface area contributed by atoms with Crippen LogP contribution in [0.15, 0.2) is 23.3 Å². The van der Waals surface area contributed by atoms with Gasteiger partial charge in [0.25, 0.3) is 0 Å². The number of pyridine rings is 1. The molecule has 0 aromatic carbocycles. The summed E-state index contributed by atoms with van der Waals surface area (Å²) in [6.45, 7) is 3.00. The van der Waals surface area contributed by atoms with Gasteiger partial charge in [0.05, 0.1) is 13.1 Å². The van der Waals surface area contributed by atoms with E-state index in [1.54, 1.807) is 18.3 Å². The monoisotopic (exact) mass is 254 g/mol. The lowest BCUT2D eigenvalue weighted by atomic mass is 10.5. The van der Waals surface area contributed by atoms with E-state index in [-0.39, 0.29) is 0 Å². The summed E-state index contributed by atoms with van der Waals surface area (Å²) in [5.74, 6) is 1.39. The topological polar surface area (TPSA) is 49.8 Å². The SMILES string of the molecule is CN1CCN=C1NCCOc1ncccc1Cl. The highest BCUT2D eigenvalue weighted by Crippen LogP contribution is 2.19. The van der Waals surface area contributed by atoms with E-state index in [1.165, 1.54) is 0 Å². The summed E-state index contributed by atoms with van der Waals surface area (Å²) < 4.78 is 5.45. The Hall–Kier alpha value is -1.49. The van der Waals surface area contributed by atoms with Gasteiger partial charge in [0.15, 0.2) is 5.96 Å². The van der Waals surface area contributed by atoms with Gasteiger partial charge in [-0.15, -0.1) is 0 Å². The van der Waals surface area contributed by atoms with Crippen LogP contribution >= 0.6 is 11.6 Å². The summed E-state index contributed by atoms with van der Waals surface area (Å²) in [4.78, 5) is 10.4. The van der Waals surface area contributed by atoms with Crippen molar-refractivity contribution in [3.63, 3.8) is 0 Å². The van der Waals surface area contributed by atoms with E-state index < -0.39 is 0 Å². The minimum absolute atomic E-state index is 0.470. The van der Waals surface area contributed by atoms with Crippen LogP contribution in [0.1, 0.15) is 0 Å². The summed E-state index contributed by atoms with van der Waals surface area (Å²) in [7, 11) is 2.01. The van der Waals surface area contributed by atoms with Crippen LogP contribution in [-0.4, -0.2) is 49.1 Å². The van der Waals surface area contributed by atoms with Gasteiger partial charge in [-0.1, -0.05) is 11.6 Å². The average molecular weight is 255 g/mol. The molecule has 2 rings (SSSR count). The summed E-state index contributed by atoms with van der Waals surface area (Å²) in [6.07, 6.45) is 1.66. The van der Waals surface area contributed by atoms with Gasteiger partial charge in [0.1, 0.15) is 11.6 Å². The predicted molar refractivity (Wildman–Crippen MR) is 67.7 cm³/mol. The van der Waals surface area contributed by atoms with E-state index in [9.17, 15) is 0 Å². The lowest BCUT2D eigenvalue weighted by Gasteiger charge is -2.15. The summed E-state index contributed by atoms with van der Waals surface area (Å²) in [5.41, 5.74) is 0. The number of likely N-dealkylation sites (N-methyl/N-ethyl adjacent to an activating group) is 1. The van der Waals surface area contributed by atoms with Crippen LogP contribution in [0.25, 0.3) is 0 Å². The van der Waals surface area contributed by atoms with E-state index in [4.69, 9.17) is 16.3 Å². The molecule has 0 fully saturated rings. The lowest BCUT2D eigenvalue weighted by Crippen LogP contribution is -2.37. The fourth-order valence-corrected chi connectivity index (χ4v) is 1.69. The van der Waals surface area contributed by atoms with E-state index >= 15 is 0 Å². The van der Waals surface area contributed by atoms with Crippen molar-refractivity contribution in [1.29, 1.82) is 0 Å². The maximum absolute atomic E-state index is 5.91. The van der Waals surface area contributed by atoms with Crippen LogP contribution < -0.4 is 10.1 Å². The van der Waals surface area contributed by atoms with Crippen molar-refractivity contribution in [2.45, 2.75) is 0 Å². The fourth-order valence-electron chi connectivity index (χ4n) is 1.51. The van der Waals surface area contributed by atoms with Crippen molar-refractivity contribution < 1.29 is 4.74 Å². The summed E-state index contributed by atoms with van der Waals surface area (Å²) >= 11 is 5.91. The zero-order chi connectivity index (χ0) is 12.1. The first-order valence-corrected chi connectivity index (χ1v) is 5.88. The highest BCUT2D eigenvalue weighted by molar-refractivity contribution is 6.31. The second-order valence-electron chi connectivity index (χ2n) is 3.69. The van der Waals surface area contributed by atoms with Gasteiger partial charge in [0.2, 0.25) is 5.88 Å². The van der Waals surface area contributed by atoms with Crippen molar-refractivity contribution in [3.8, 4) is 5.88 Å². The smallest absolute Gasteiger partial charge is 0.232 e. The Morgan fingerprint density at radius 2 is 2.47 bits per heavy atom. The maximum atomic E-state index is 5.91. The number of hydrogen-bond acceptors (Lipinski definition) is 5. The first-order chi connectivity index (χ1) is 8.27. The van der Waals surface area contributed by atoms with Gasteiger partial charge in [0, 0.05) is 19.8 Å². The highest BCUT2D eigenvalue weighted by Gasteiger charge is 2.11. The van der Waals surface area contributed by atoms with Gasteiger partial charge in [-0.2, -0.15) is 0 Å². The van der Waals surface area contributed by atoms with Crippen LogP contribution in [0, 0.1) is 0 Å². The second-order valence-corrected chi connectivity index (χ2v) is 4.10. The molecule has 6 heteroatoms. The highest BCUT2D eigenvalue weighted by atomic mass is 35.5. The third-order valence-corrected chi connectivity index (χ3v) is 2.69. The number of aromatic nitrogens is 1. The Morgan fingerprint density at radius 1 is 1.59 bits per heavy atom. The van der Waals surface area contributed by atoms with E-state index in [0.29, 0.717) is 24.1 Å². The van der Waals surface area contributed by atoms with Crippen LogP contribution in [0.4, 0.5) is 0 Å². The number of nitrogens with one attached hydrogen (secondary N) is 1. The number of nitrogens with zero attached hydrogens (tertiary/aromatic N) is 3. The molecule has 0 aliphatic carbocycles. The first-order valence-electron chi connectivity index (χ1n) is 5.50. The van der Waals surface area contributed by atoms with Crippen molar-refractivity contribution in [2.75, 3.05) is 33.3 Å². The Bertz CT molecular complexity index is 410. The molecule has 0 amide bonds. The molecule has 92 valence electrons. The quantitative estimate of drug-likeness (QED) is 0.815. The number of hydrogen-bond donors (Lipinski definition) is 1. The zero-order valence-electron chi connectivity index (χ0n) is 9.69. The molecule has 0 saturated heterocycles. The van der Waals surface area contributed by atoms with Gasteiger partial charge >= 0.3 is 0 Å². The minimum Gasteiger partial charge on any atom is -0.475 e. The van der Waals surface area contributed by atoms with E-state index in [2.05, 4.69) is 20.2 Å². The third-order valence-electron chi connectivity index (χ3n) is 2.41. The molecular formula is C11H15ClN4O. The number of aliphatic imine (C=N–C) groups is 1. The van der Waals surface area contributed by atoms with Crippen LogP contribution in [0.2, 0.25) is 5.02 Å². The Balaban J connectivity index is 1.72. The van der Waals surface area contributed by atoms with Crippen molar-refractivity contribution in [3.05, 3.63) is 23.4 Å². The Kier molecular flexibility index (Phi) is 4.03. The number of ether oxygens (including phenoxy) is 1. The van der Waals surface area contributed by atoms with Crippen molar-refractivity contribution in [2.24, 2.45) is 4.99 Å². The number of guanidine groups is 1. The van der Waals surface area contributed by atoms with Crippen LogP contribution in [0.3, 0.4) is 0 Å². The molecule has 0 bridgehead atoms. The molecule has 1 N–H and O–H groups in total. The summed E-state index contributed by atoms with van der Waals surface area (Å²) in [5, 5.41) is 3.73. The van der Waals surface area contributed by atoms with E-state index in [1.807, 2.05) is 7.05 Å². The molecule has 0 radical (unpaired) electrons. The normalized spacial score (nSPS) is 14.7. The molecule has 1 aromatic heterocycles. The molecule has 0 saturated carbocycles. The van der Waals surface area contributed by atoms with Gasteiger partial charge < -0.3 is 15.0 Å². The minimum atomic E-state index is 0.470. The Morgan fingerprint density at radius 3 is 3.18 bits per heavy atom. The molecule has 0 spiro atoms. The molecule has 1 aliphatic rings. The molecular weight excluding hydrogens is 240 g/mol. The van der Waals surface area contributed by atoms with E-state index in [0.717, 1.165) is 19.0 Å². The molecule has 2 heterocycles. The fraction of sp³-hybridized carbons (Fsp3) is 0.455. The van der Waals surface area contributed by atoms with Crippen molar-refractivity contribution in [1.82, 2.24) is 15.2 Å². The molecule has 0 atom stereocenters.